The summed E-state index contributed by atoms with van der Waals surface area (Å²) < 4.78 is 0. The molecule has 0 atom stereocenters. The summed E-state index contributed by atoms with van der Waals surface area (Å²) in [7, 11) is 2.07. The van der Waals surface area contributed by atoms with E-state index in [1.54, 1.807) is 4.90 Å². The third-order valence-corrected chi connectivity index (χ3v) is 9.75. The molecule has 1 aliphatic heterocycles. The van der Waals surface area contributed by atoms with Crippen LogP contribution in [0.1, 0.15) is 114 Å². The van der Waals surface area contributed by atoms with Crippen LogP contribution in [-0.4, -0.2) is 56.2 Å². The number of amides is 1. The zero-order valence-corrected chi connectivity index (χ0v) is 32.0. The number of hydrogen-bond donors (Lipinski definition) is 0. The molecule has 51 heavy (non-hydrogen) atoms. The van der Waals surface area contributed by atoms with Crippen LogP contribution >= 0.6 is 0 Å². The molecule has 1 fully saturated rings. The largest absolute Gasteiger partial charge is 0.343 e. The fraction of sp³-hybridized carbons (Fsp3) is 0.467. The number of aryl methyl sites for hydroxylation is 2. The van der Waals surface area contributed by atoms with Crippen molar-refractivity contribution in [2.24, 2.45) is 0 Å². The van der Waals surface area contributed by atoms with Gasteiger partial charge in [0.15, 0.2) is 0 Å². The first-order valence-corrected chi connectivity index (χ1v) is 18.8. The fourth-order valence-electron chi connectivity index (χ4n) is 6.30. The first-order chi connectivity index (χ1) is 24.8. The average Bonchev–Trinajstić information content (AvgIpc) is 3.20. The Morgan fingerprint density at radius 3 is 1.41 bits per heavy atom. The van der Waals surface area contributed by atoms with Gasteiger partial charge in [0.05, 0.1) is 12.1 Å². The minimum atomic E-state index is 0.863. The molecule has 6 heteroatoms. The summed E-state index contributed by atoms with van der Waals surface area (Å²) >= 11 is 0. The molecule has 3 aliphatic rings. The zero-order chi connectivity index (χ0) is 37.4. The molecule has 1 amide bonds. The molecule has 1 saturated heterocycles. The number of nitrogens with zero attached hydrogens (tertiary/aromatic N) is 4. The first kappa shape index (κ1) is 42.6. The van der Waals surface area contributed by atoms with Crippen LogP contribution in [0, 0.1) is 22.7 Å². The van der Waals surface area contributed by atoms with Crippen molar-refractivity contribution >= 4 is 24.3 Å². The minimum absolute atomic E-state index is 0.863. The summed E-state index contributed by atoms with van der Waals surface area (Å²) in [5.41, 5.74) is 12.4. The maximum absolute atomic E-state index is 10.2. The second-order valence-corrected chi connectivity index (χ2v) is 13.6. The van der Waals surface area contributed by atoms with Gasteiger partial charge in [0.1, 0.15) is 6.79 Å². The zero-order valence-electron chi connectivity index (χ0n) is 32.0. The molecule has 0 saturated carbocycles. The van der Waals surface area contributed by atoms with E-state index in [-0.39, 0.29) is 0 Å². The summed E-state index contributed by atoms with van der Waals surface area (Å²) in [5, 5.41) is 18.1. The van der Waals surface area contributed by atoms with Crippen LogP contribution in [0.4, 0.5) is 0 Å². The molecule has 2 aromatic rings. The van der Waals surface area contributed by atoms with Crippen molar-refractivity contribution in [3.8, 4) is 12.1 Å². The van der Waals surface area contributed by atoms with E-state index in [2.05, 4.69) is 98.6 Å². The number of benzene rings is 2. The third-order valence-electron chi connectivity index (χ3n) is 9.75. The van der Waals surface area contributed by atoms with Crippen molar-refractivity contribution in [1.29, 1.82) is 10.5 Å². The van der Waals surface area contributed by atoms with Gasteiger partial charge in [-0.25, -0.2) is 0 Å². The van der Waals surface area contributed by atoms with E-state index in [9.17, 15) is 4.79 Å². The standard InChI is InChI=1S/2C19H23N.C6H12N2O.CH2O/c2*1-3-4-6-16-9-11-17(12-10-16)19-8-5-7-18(13-19)15(2)14-20;1-7-2-4-8(6-9)5-3-7;1-2/h2*9-13H,3-8H2,1-2H3;6H,2-5H2,1H3;1H2/b2*18-15-;;. The Balaban J connectivity index is 0.000000276. The lowest BCUT2D eigenvalue weighted by atomic mass is 9.88. The van der Waals surface area contributed by atoms with Gasteiger partial charge in [-0.15, -0.1) is 0 Å². The Morgan fingerprint density at radius 1 is 0.686 bits per heavy atom. The summed E-state index contributed by atoms with van der Waals surface area (Å²) in [6.45, 7) is 14.1. The molecule has 0 aromatic heterocycles. The molecular formula is C45H60N4O2. The first-order valence-electron chi connectivity index (χ1n) is 18.8. The maximum atomic E-state index is 10.2. The molecule has 6 nitrogen and oxygen atoms in total. The van der Waals surface area contributed by atoms with E-state index in [0.717, 1.165) is 82.3 Å². The van der Waals surface area contributed by atoms with Crippen LogP contribution in [-0.2, 0) is 22.4 Å². The molecule has 1 heterocycles. The Bertz CT molecular complexity index is 1450. The molecule has 0 bridgehead atoms. The van der Waals surface area contributed by atoms with Gasteiger partial charge in [-0.1, -0.05) is 87.4 Å². The molecule has 2 aliphatic carbocycles. The predicted molar refractivity (Wildman–Crippen MR) is 213 cm³/mol. The molecule has 0 unspecified atom stereocenters. The van der Waals surface area contributed by atoms with Crippen LogP contribution in [0.5, 0.6) is 0 Å². The lowest BCUT2D eigenvalue weighted by molar-refractivity contribution is -0.119. The Kier molecular flexibility index (Phi) is 20.6. The van der Waals surface area contributed by atoms with Gasteiger partial charge in [0.25, 0.3) is 0 Å². The fourth-order valence-corrected chi connectivity index (χ4v) is 6.30. The number of carbonyl (C=O) groups is 2. The molecule has 0 radical (unpaired) electrons. The quantitative estimate of drug-likeness (QED) is 0.193. The van der Waals surface area contributed by atoms with Crippen molar-refractivity contribution in [1.82, 2.24) is 9.80 Å². The molecule has 2 aromatic carbocycles. The van der Waals surface area contributed by atoms with Gasteiger partial charge < -0.3 is 14.6 Å². The normalized spacial score (nSPS) is 17.6. The monoisotopic (exact) mass is 688 g/mol. The van der Waals surface area contributed by atoms with Crippen molar-refractivity contribution in [2.45, 2.75) is 105 Å². The van der Waals surface area contributed by atoms with Gasteiger partial charge in [0, 0.05) is 37.3 Å². The van der Waals surface area contributed by atoms with Gasteiger partial charge in [-0.3, -0.25) is 4.79 Å². The maximum Gasteiger partial charge on any atom is 0.209 e. The van der Waals surface area contributed by atoms with Gasteiger partial charge in [0.2, 0.25) is 6.41 Å². The number of hydrogen-bond acceptors (Lipinski definition) is 5. The van der Waals surface area contributed by atoms with Crippen molar-refractivity contribution in [3.05, 3.63) is 105 Å². The third kappa shape index (κ3) is 15.1. The number of unbranched alkanes of at least 4 members (excludes halogenated alkanes) is 2. The number of carbonyl (C=O) groups excluding carboxylic acids is 2. The highest BCUT2D eigenvalue weighted by Crippen LogP contribution is 2.32. The average molecular weight is 689 g/mol. The topological polar surface area (TPSA) is 88.2 Å². The summed E-state index contributed by atoms with van der Waals surface area (Å²) in [6, 6.07) is 22.5. The predicted octanol–water partition coefficient (Wildman–Crippen LogP) is 10.1. The van der Waals surface area contributed by atoms with Crippen LogP contribution in [0.15, 0.2) is 83.0 Å². The van der Waals surface area contributed by atoms with Gasteiger partial charge in [-0.2, -0.15) is 10.5 Å². The van der Waals surface area contributed by atoms with Crippen molar-refractivity contribution in [3.63, 3.8) is 0 Å². The molecule has 5 rings (SSSR count). The Morgan fingerprint density at radius 2 is 1.08 bits per heavy atom. The second-order valence-electron chi connectivity index (χ2n) is 13.6. The summed E-state index contributed by atoms with van der Waals surface area (Å²) in [4.78, 5) is 22.2. The lowest BCUT2D eigenvalue weighted by Gasteiger charge is -2.29. The second kappa shape index (κ2) is 24.6. The Hall–Kier alpha value is -4.52. The number of nitriles is 2. The van der Waals surface area contributed by atoms with E-state index in [0.29, 0.717) is 0 Å². The number of likely N-dealkylation sites (N-methyl/N-ethyl adjacent to an activating group) is 1. The van der Waals surface area contributed by atoms with E-state index in [4.69, 9.17) is 15.3 Å². The molecule has 0 spiro atoms. The smallest absolute Gasteiger partial charge is 0.209 e. The Labute approximate surface area is 308 Å². The molecular weight excluding hydrogens is 629 g/mol. The summed E-state index contributed by atoms with van der Waals surface area (Å²) in [5.74, 6) is 0. The van der Waals surface area contributed by atoms with Gasteiger partial charge in [-0.05, 0) is 130 Å². The van der Waals surface area contributed by atoms with E-state index in [1.807, 2.05) is 20.6 Å². The molecule has 0 N–H and O–H groups in total. The highest BCUT2D eigenvalue weighted by Gasteiger charge is 2.13. The van der Waals surface area contributed by atoms with Gasteiger partial charge >= 0.3 is 0 Å². The van der Waals surface area contributed by atoms with E-state index < -0.39 is 0 Å². The van der Waals surface area contributed by atoms with Crippen LogP contribution in [0.2, 0.25) is 0 Å². The van der Waals surface area contributed by atoms with Crippen LogP contribution < -0.4 is 0 Å². The number of allylic oxidation sites excluding steroid dienone is 8. The number of piperazine rings is 1. The van der Waals surface area contributed by atoms with Crippen molar-refractivity contribution < 1.29 is 9.59 Å². The minimum Gasteiger partial charge on any atom is -0.343 e. The lowest BCUT2D eigenvalue weighted by Crippen LogP contribution is -2.43. The summed E-state index contributed by atoms with van der Waals surface area (Å²) in [6.07, 6.45) is 19.4. The van der Waals surface area contributed by atoms with E-state index in [1.165, 1.54) is 83.1 Å². The van der Waals surface area contributed by atoms with Crippen LogP contribution in [0.3, 0.4) is 0 Å². The van der Waals surface area contributed by atoms with Crippen LogP contribution in [0.25, 0.3) is 11.1 Å². The highest BCUT2D eigenvalue weighted by atomic mass is 16.1. The van der Waals surface area contributed by atoms with Crippen molar-refractivity contribution in [2.75, 3.05) is 33.2 Å². The highest BCUT2D eigenvalue weighted by molar-refractivity contribution is 5.71. The molecule has 272 valence electrons. The SMILES string of the molecule is C=O.CCCCc1ccc(C2=C/C(=C(/C)C#N)CCC2)cc1.CCCCc1ccc(C2=C/C(=C(/C)C#N)CCC2)cc1.CN1CCN(C=O)CC1. The number of rotatable bonds is 9. The van der Waals surface area contributed by atoms with E-state index >= 15 is 0 Å².